The van der Waals surface area contributed by atoms with Gasteiger partial charge in [-0.15, -0.1) is 0 Å². The lowest BCUT2D eigenvalue weighted by atomic mass is 9.79. The summed E-state index contributed by atoms with van der Waals surface area (Å²) >= 11 is 0. The summed E-state index contributed by atoms with van der Waals surface area (Å²) in [4.78, 5) is 18.7. The molecule has 2 heterocycles. The van der Waals surface area contributed by atoms with Gasteiger partial charge in [-0.25, -0.2) is 4.79 Å². The number of aromatic amines is 1. The topological polar surface area (TPSA) is 67.0 Å². The SMILES string of the molecule is NCCc1ccc2c(c1)[nH]c(=O)n2C1CCN(C2(c3ccccc3)CCCCCC2)CC1. The Kier molecular flexibility index (Phi) is 6.20. The van der Waals surface area contributed by atoms with E-state index in [9.17, 15) is 4.79 Å². The van der Waals surface area contributed by atoms with E-state index in [1.165, 1.54) is 49.7 Å². The van der Waals surface area contributed by atoms with Crippen LogP contribution in [0.2, 0.25) is 0 Å². The van der Waals surface area contributed by atoms with Gasteiger partial charge in [0.2, 0.25) is 0 Å². The first-order chi connectivity index (χ1) is 15.7. The fraction of sp³-hybridized carbons (Fsp3) is 0.519. The second-order valence-electron chi connectivity index (χ2n) is 9.72. The Hall–Kier alpha value is -2.37. The largest absolute Gasteiger partial charge is 0.330 e. The molecule has 2 fully saturated rings. The fourth-order valence-corrected chi connectivity index (χ4v) is 6.26. The molecule has 1 saturated carbocycles. The minimum absolute atomic E-state index is 0.0237. The number of aromatic nitrogens is 2. The molecule has 1 saturated heterocycles. The molecule has 2 aliphatic rings. The highest BCUT2D eigenvalue weighted by Crippen LogP contribution is 2.43. The molecule has 170 valence electrons. The molecular weight excluding hydrogens is 396 g/mol. The van der Waals surface area contributed by atoms with Crippen molar-refractivity contribution in [3.05, 3.63) is 70.1 Å². The third kappa shape index (κ3) is 3.93. The van der Waals surface area contributed by atoms with E-state index in [4.69, 9.17) is 5.73 Å². The summed E-state index contributed by atoms with van der Waals surface area (Å²) in [6, 6.07) is 17.7. The van der Waals surface area contributed by atoms with Gasteiger partial charge in [-0.05, 0) is 61.9 Å². The molecule has 0 radical (unpaired) electrons. The second kappa shape index (κ2) is 9.24. The lowest BCUT2D eigenvalue weighted by Crippen LogP contribution is -2.50. The van der Waals surface area contributed by atoms with E-state index in [0.29, 0.717) is 6.54 Å². The molecule has 0 spiro atoms. The number of rotatable bonds is 5. The van der Waals surface area contributed by atoms with Gasteiger partial charge >= 0.3 is 5.69 Å². The van der Waals surface area contributed by atoms with Gasteiger partial charge in [0.1, 0.15) is 0 Å². The highest BCUT2D eigenvalue weighted by atomic mass is 16.1. The van der Waals surface area contributed by atoms with Gasteiger partial charge in [0, 0.05) is 24.7 Å². The predicted octanol–water partition coefficient (Wildman–Crippen LogP) is 4.72. The van der Waals surface area contributed by atoms with Crippen LogP contribution in [-0.4, -0.2) is 34.1 Å². The molecule has 5 heteroatoms. The van der Waals surface area contributed by atoms with Crippen LogP contribution in [-0.2, 0) is 12.0 Å². The number of imidazole rings is 1. The Morgan fingerprint density at radius 3 is 2.38 bits per heavy atom. The van der Waals surface area contributed by atoms with Crippen molar-refractivity contribution in [3.63, 3.8) is 0 Å². The average Bonchev–Trinajstić information content (AvgIpc) is 2.98. The van der Waals surface area contributed by atoms with E-state index < -0.39 is 0 Å². The summed E-state index contributed by atoms with van der Waals surface area (Å²) < 4.78 is 2.02. The van der Waals surface area contributed by atoms with Gasteiger partial charge in [-0.2, -0.15) is 0 Å². The van der Waals surface area contributed by atoms with Crippen LogP contribution in [0.25, 0.3) is 11.0 Å². The van der Waals surface area contributed by atoms with Gasteiger partial charge in [0.15, 0.2) is 0 Å². The van der Waals surface area contributed by atoms with E-state index in [2.05, 4.69) is 58.4 Å². The van der Waals surface area contributed by atoms with Crippen LogP contribution in [0.5, 0.6) is 0 Å². The molecule has 5 nitrogen and oxygen atoms in total. The maximum Gasteiger partial charge on any atom is 0.326 e. The fourth-order valence-electron chi connectivity index (χ4n) is 6.26. The zero-order valence-corrected chi connectivity index (χ0v) is 19.1. The van der Waals surface area contributed by atoms with E-state index in [1.807, 2.05) is 4.57 Å². The smallest absolute Gasteiger partial charge is 0.326 e. The first-order valence-electron chi connectivity index (χ1n) is 12.4. The summed E-state index contributed by atoms with van der Waals surface area (Å²) in [5.41, 5.74) is 10.5. The maximum atomic E-state index is 12.9. The van der Waals surface area contributed by atoms with Crippen molar-refractivity contribution in [3.8, 4) is 0 Å². The number of fused-ring (bicyclic) bond motifs is 1. The lowest BCUT2D eigenvalue weighted by Gasteiger charge is -2.47. The first-order valence-corrected chi connectivity index (χ1v) is 12.4. The number of nitrogens with zero attached hydrogens (tertiary/aromatic N) is 2. The van der Waals surface area contributed by atoms with Crippen LogP contribution < -0.4 is 11.4 Å². The van der Waals surface area contributed by atoms with Gasteiger partial charge in [-0.1, -0.05) is 62.1 Å². The molecule has 3 N–H and O–H groups in total. The van der Waals surface area contributed by atoms with Crippen molar-refractivity contribution in [1.29, 1.82) is 0 Å². The molecular formula is C27H36N4O. The Labute approximate surface area is 190 Å². The number of nitrogens with one attached hydrogen (secondary N) is 1. The normalized spacial score (nSPS) is 20.4. The number of hydrogen-bond donors (Lipinski definition) is 2. The van der Waals surface area contributed by atoms with Crippen molar-refractivity contribution < 1.29 is 0 Å². The molecule has 0 bridgehead atoms. The van der Waals surface area contributed by atoms with Crippen molar-refractivity contribution in [2.24, 2.45) is 5.73 Å². The van der Waals surface area contributed by atoms with E-state index in [1.54, 1.807) is 0 Å². The maximum absolute atomic E-state index is 12.9. The van der Waals surface area contributed by atoms with Crippen LogP contribution in [0.15, 0.2) is 53.3 Å². The molecule has 3 aromatic rings. The van der Waals surface area contributed by atoms with Gasteiger partial charge in [0.05, 0.1) is 11.0 Å². The van der Waals surface area contributed by atoms with Crippen molar-refractivity contribution in [1.82, 2.24) is 14.5 Å². The molecule has 0 unspecified atom stereocenters. The zero-order valence-electron chi connectivity index (χ0n) is 19.1. The molecule has 1 aliphatic heterocycles. The van der Waals surface area contributed by atoms with Crippen LogP contribution in [0.3, 0.4) is 0 Å². The zero-order chi connectivity index (χ0) is 22.0. The van der Waals surface area contributed by atoms with Gasteiger partial charge < -0.3 is 10.7 Å². The third-order valence-electron chi connectivity index (χ3n) is 7.89. The molecule has 1 aromatic heterocycles. The summed E-state index contributed by atoms with van der Waals surface area (Å²) in [7, 11) is 0. The van der Waals surface area contributed by atoms with Crippen molar-refractivity contribution in [2.75, 3.05) is 19.6 Å². The standard InChI is InChI=1S/C27H36N4O/c28-17-12-21-10-11-25-24(20-21)29-26(32)31(25)23-13-18-30(19-14-23)27(15-6-1-2-7-16-27)22-8-4-3-5-9-22/h3-5,8-11,20,23H,1-2,6-7,12-19,28H2,(H,29,32). The van der Waals surface area contributed by atoms with Crippen molar-refractivity contribution >= 4 is 11.0 Å². The monoisotopic (exact) mass is 432 g/mol. The van der Waals surface area contributed by atoms with Crippen LogP contribution in [0, 0.1) is 0 Å². The number of hydrogen-bond acceptors (Lipinski definition) is 3. The molecule has 0 atom stereocenters. The quantitative estimate of drug-likeness (QED) is 0.574. The summed E-state index contributed by atoms with van der Waals surface area (Å²) in [5.74, 6) is 0. The first kappa shape index (κ1) is 21.5. The number of piperidine rings is 1. The van der Waals surface area contributed by atoms with Crippen LogP contribution >= 0.6 is 0 Å². The molecule has 32 heavy (non-hydrogen) atoms. The van der Waals surface area contributed by atoms with E-state index in [-0.39, 0.29) is 17.3 Å². The summed E-state index contributed by atoms with van der Waals surface area (Å²) in [6.07, 6.45) is 10.7. The predicted molar refractivity (Wildman–Crippen MR) is 131 cm³/mol. The summed E-state index contributed by atoms with van der Waals surface area (Å²) in [5, 5.41) is 0. The van der Waals surface area contributed by atoms with Gasteiger partial charge in [0.25, 0.3) is 0 Å². The molecule has 0 amide bonds. The van der Waals surface area contributed by atoms with Crippen molar-refractivity contribution in [2.45, 2.75) is 69.4 Å². The minimum Gasteiger partial charge on any atom is -0.330 e. The van der Waals surface area contributed by atoms with Crippen LogP contribution in [0.1, 0.15) is 68.5 Å². The molecule has 1 aliphatic carbocycles. The molecule has 5 rings (SSSR count). The Bertz CT molecular complexity index is 1080. The lowest BCUT2D eigenvalue weighted by molar-refractivity contribution is 0.0356. The summed E-state index contributed by atoms with van der Waals surface area (Å²) in [6.45, 7) is 2.71. The van der Waals surface area contributed by atoms with Gasteiger partial charge in [-0.3, -0.25) is 9.47 Å². The Morgan fingerprint density at radius 2 is 1.69 bits per heavy atom. The molecule has 2 aromatic carbocycles. The highest BCUT2D eigenvalue weighted by Gasteiger charge is 2.40. The Morgan fingerprint density at radius 1 is 0.969 bits per heavy atom. The minimum atomic E-state index is 0.0237. The van der Waals surface area contributed by atoms with Crippen LogP contribution in [0.4, 0.5) is 0 Å². The number of nitrogens with two attached hydrogens (primary N) is 1. The third-order valence-corrected chi connectivity index (χ3v) is 7.89. The number of benzene rings is 2. The number of H-pyrrole nitrogens is 1. The number of likely N-dealkylation sites (tertiary alicyclic amines) is 1. The highest BCUT2D eigenvalue weighted by molar-refractivity contribution is 5.76. The second-order valence-corrected chi connectivity index (χ2v) is 9.72. The average molecular weight is 433 g/mol. The van der Waals surface area contributed by atoms with E-state index >= 15 is 0 Å². The van der Waals surface area contributed by atoms with E-state index in [0.717, 1.165) is 43.4 Å². The Balaban J connectivity index is 1.39.